The zero-order valence-corrected chi connectivity index (χ0v) is 16.4. The summed E-state index contributed by atoms with van der Waals surface area (Å²) < 4.78 is 12.0. The zero-order chi connectivity index (χ0) is 18.5. The van der Waals surface area contributed by atoms with E-state index in [0.717, 1.165) is 5.56 Å². The number of hydrogen-bond donors (Lipinski definition) is 0. The van der Waals surface area contributed by atoms with Gasteiger partial charge >= 0.3 is 0 Å². The highest BCUT2D eigenvalue weighted by atomic mass is 35.5. The van der Waals surface area contributed by atoms with E-state index in [-0.39, 0.29) is 5.91 Å². The molecule has 1 heterocycles. The average molecular weight is 406 g/mol. The van der Waals surface area contributed by atoms with Gasteiger partial charge in [0.15, 0.2) is 0 Å². The number of benzene rings is 2. The summed E-state index contributed by atoms with van der Waals surface area (Å²) in [6, 6.07) is 14.8. The molecule has 1 aliphatic rings. The van der Waals surface area contributed by atoms with Crippen LogP contribution in [0.15, 0.2) is 53.4 Å². The summed E-state index contributed by atoms with van der Waals surface area (Å²) in [6.07, 6.45) is 1.80. The number of thiocarbonyl (C=S) groups is 1. The number of rotatable bonds is 6. The molecule has 0 aliphatic carbocycles. The molecule has 3 rings (SSSR count). The zero-order valence-electron chi connectivity index (χ0n) is 14.0. The molecule has 0 unspecified atom stereocenters. The highest BCUT2D eigenvalue weighted by molar-refractivity contribution is 8.26. The number of carbonyl (C=O) groups is 1. The molecule has 2 aromatic carbocycles. The number of halogens is 1. The van der Waals surface area contributed by atoms with Gasteiger partial charge in [0.05, 0.1) is 9.93 Å². The highest BCUT2D eigenvalue weighted by Gasteiger charge is 2.28. The topological polar surface area (TPSA) is 38.8 Å². The van der Waals surface area contributed by atoms with E-state index in [9.17, 15) is 4.79 Å². The number of nitrogens with zero attached hydrogens (tertiary/aromatic N) is 1. The second-order valence-corrected chi connectivity index (χ2v) is 7.49. The lowest BCUT2D eigenvalue weighted by Crippen LogP contribution is -2.22. The van der Waals surface area contributed by atoms with Crippen LogP contribution < -0.4 is 9.47 Å². The number of hydrogen-bond acceptors (Lipinski definition) is 5. The maximum Gasteiger partial charge on any atom is 0.265 e. The van der Waals surface area contributed by atoms with Crippen molar-refractivity contribution in [3.63, 3.8) is 0 Å². The molecular formula is C19H16ClNO3S2. The molecule has 0 saturated carbocycles. The van der Waals surface area contributed by atoms with Gasteiger partial charge < -0.3 is 9.47 Å². The van der Waals surface area contributed by atoms with Gasteiger partial charge in [0, 0.05) is 12.6 Å². The van der Waals surface area contributed by atoms with Crippen molar-refractivity contribution in [1.29, 1.82) is 0 Å². The van der Waals surface area contributed by atoms with Gasteiger partial charge in [-0.3, -0.25) is 9.69 Å². The van der Waals surface area contributed by atoms with Crippen molar-refractivity contribution in [1.82, 2.24) is 4.90 Å². The summed E-state index contributed by atoms with van der Waals surface area (Å²) in [5.74, 6) is 1.20. The lowest BCUT2D eigenvalue weighted by molar-refractivity contribution is -0.121. The predicted octanol–water partition coefficient (Wildman–Crippen LogP) is 4.63. The third-order valence-corrected chi connectivity index (χ3v) is 5.42. The van der Waals surface area contributed by atoms with Crippen molar-refractivity contribution in [3.05, 3.63) is 64.0 Å². The van der Waals surface area contributed by atoms with Crippen LogP contribution in [0.2, 0.25) is 5.02 Å². The standard InChI is InChI=1S/C19H16ClNO3S2/c1-21-18(22)17(26-19(21)25)12-13-6-2-4-8-15(13)23-10-11-24-16-9-5-3-7-14(16)20/h2-9,12H,10-11H2,1H3. The maximum atomic E-state index is 12.2. The summed E-state index contributed by atoms with van der Waals surface area (Å²) in [5, 5.41) is 0.564. The SMILES string of the molecule is CN1C(=O)C(=Cc2ccccc2OCCOc2ccccc2Cl)SC1=S. The molecule has 0 atom stereocenters. The number of likely N-dealkylation sites (N-methyl/N-ethyl adjacent to an activating group) is 1. The van der Waals surface area contributed by atoms with Crippen molar-refractivity contribution in [2.45, 2.75) is 0 Å². The number of ether oxygens (including phenoxy) is 2. The molecule has 26 heavy (non-hydrogen) atoms. The summed E-state index contributed by atoms with van der Waals surface area (Å²) in [6.45, 7) is 0.708. The van der Waals surface area contributed by atoms with E-state index in [1.807, 2.05) is 42.5 Å². The number of thioether (sulfide) groups is 1. The van der Waals surface area contributed by atoms with Gasteiger partial charge in [-0.2, -0.15) is 0 Å². The van der Waals surface area contributed by atoms with Gasteiger partial charge in [0.25, 0.3) is 5.91 Å². The summed E-state index contributed by atoms with van der Waals surface area (Å²) in [5.41, 5.74) is 0.819. The minimum absolute atomic E-state index is 0.100. The van der Waals surface area contributed by atoms with E-state index in [0.29, 0.717) is 39.0 Å². The second-order valence-electron chi connectivity index (χ2n) is 5.41. The smallest absolute Gasteiger partial charge is 0.265 e. The summed E-state index contributed by atoms with van der Waals surface area (Å²) >= 11 is 12.5. The summed E-state index contributed by atoms with van der Waals surface area (Å²) in [4.78, 5) is 14.2. The van der Waals surface area contributed by atoms with Gasteiger partial charge in [-0.1, -0.05) is 65.9 Å². The monoisotopic (exact) mass is 405 g/mol. The van der Waals surface area contributed by atoms with Crippen molar-refractivity contribution >= 4 is 51.9 Å². The Kier molecular flexibility index (Phi) is 6.19. The Balaban J connectivity index is 1.64. The fraction of sp³-hybridized carbons (Fsp3) is 0.158. The molecule has 134 valence electrons. The van der Waals surface area contributed by atoms with E-state index < -0.39 is 0 Å². The van der Waals surface area contributed by atoms with Gasteiger partial charge in [-0.05, 0) is 24.3 Å². The molecule has 0 radical (unpaired) electrons. The fourth-order valence-corrected chi connectivity index (χ4v) is 3.64. The first-order chi connectivity index (χ1) is 12.6. The molecule has 1 amide bonds. The third kappa shape index (κ3) is 4.38. The predicted molar refractivity (Wildman–Crippen MR) is 110 cm³/mol. The molecule has 2 aromatic rings. The lowest BCUT2D eigenvalue weighted by atomic mass is 10.2. The first kappa shape index (κ1) is 18.8. The Morgan fingerprint density at radius 3 is 2.35 bits per heavy atom. The molecule has 4 nitrogen and oxygen atoms in total. The number of amides is 1. The van der Waals surface area contributed by atoms with Crippen LogP contribution in [0.25, 0.3) is 6.08 Å². The van der Waals surface area contributed by atoms with Crippen molar-refractivity contribution in [3.8, 4) is 11.5 Å². The van der Waals surface area contributed by atoms with Crippen LogP contribution in [0.4, 0.5) is 0 Å². The first-order valence-corrected chi connectivity index (χ1v) is 9.47. The molecule has 0 N–H and O–H groups in total. The van der Waals surface area contributed by atoms with E-state index in [2.05, 4.69) is 0 Å². The van der Waals surface area contributed by atoms with Crippen LogP contribution in [0.3, 0.4) is 0 Å². The lowest BCUT2D eigenvalue weighted by Gasteiger charge is -2.11. The molecular weight excluding hydrogens is 390 g/mol. The molecule has 1 saturated heterocycles. The van der Waals surface area contributed by atoms with Gasteiger partial charge in [-0.15, -0.1) is 0 Å². The van der Waals surface area contributed by atoms with Crippen molar-refractivity contribution in [2.24, 2.45) is 0 Å². The second kappa shape index (κ2) is 8.58. The van der Waals surface area contributed by atoms with Crippen LogP contribution in [0.5, 0.6) is 11.5 Å². The van der Waals surface area contributed by atoms with E-state index in [1.54, 1.807) is 19.2 Å². The van der Waals surface area contributed by atoms with E-state index in [1.165, 1.54) is 16.7 Å². The Morgan fingerprint density at radius 1 is 1.08 bits per heavy atom. The molecule has 7 heteroatoms. The van der Waals surface area contributed by atoms with E-state index >= 15 is 0 Å². The quantitative estimate of drug-likeness (QED) is 0.398. The maximum absolute atomic E-state index is 12.2. The summed E-state index contributed by atoms with van der Waals surface area (Å²) in [7, 11) is 1.67. The average Bonchev–Trinajstić information content (AvgIpc) is 2.88. The van der Waals surface area contributed by atoms with Crippen LogP contribution >= 0.6 is 35.6 Å². The molecule has 0 bridgehead atoms. The van der Waals surface area contributed by atoms with Crippen LogP contribution in [-0.4, -0.2) is 35.4 Å². The minimum atomic E-state index is -0.100. The Morgan fingerprint density at radius 2 is 1.69 bits per heavy atom. The van der Waals surface area contributed by atoms with Gasteiger partial charge in [0.2, 0.25) is 0 Å². The molecule has 0 spiro atoms. The minimum Gasteiger partial charge on any atom is -0.489 e. The largest absolute Gasteiger partial charge is 0.489 e. The molecule has 1 fully saturated rings. The van der Waals surface area contributed by atoms with E-state index in [4.69, 9.17) is 33.3 Å². The first-order valence-electron chi connectivity index (χ1n) is 7.87. The van der Waals surface area contributed by atoms with Gasteiger partial charge in [-0.25, -0.2) is 0 Å². The van der Waals surface area contributed by atoms with Crippen LogP contribution in [0.1, 0.15) is 5.56 Å². The Bertz CT molecular complexity index is 869. The van der Waals surface area contributed by atoms with Gasteiger partial charge in [0.1, 0.15) is 29.0 Å². The third-order valence-electron chi connectivity index (χ3n) is 3.63. The number of carbonyl (C=O) groups excluding carboxylic acids is 1. The van der Waals surface area contributed by atoms with Crippen LogP contribution in [-0.2, 0) is 4.79 Å². The normalized spacial score (nSPS) is 15.6. The number of para-hydroxylation sites is 2. The van der Waals surface area contributed by atoms with Crippen molar-refractivity contribution < 1.29 is 14.3 Å². The molecule has 1 aliphatic heterocycles. The Hall–Kier alpha value is -2.02. The van der Waals surface area contributed by atoms with Crippen LogP contribution in [0, 0.1) is 0 Å². The molecule has 0 aromatic heterocycles. The highest BCUT2D eigenvalue weighted by Crippen LogP contribution is 2.33. The van der Waals surface area contributed by atoms with Crippen molar-refractivity contribution in [2.75, 3.05) is 20.3 Å². The Labute approximate surface area is 166 Å². The fourth-order valence-electron chi connectivity index (χ4n) is 2.28.